The Morgan fingerprint density at radius 2 is 2.04 bits per heavy atom. The van der Waals surface area contributed by atoms with Crippen LogP contribution in [0.3, 0.4) is 0 Å². The number of aryl methyl sites for hydroxylation is 2. The number of hydrogen-bond acceptors (Lipinski definition) is 3. The molecular formula is C20H23N3O2. The van der Waals surface area contributed by atoms with Crippen LogP contribution in [0.15, 0.2) is 47.1 Å². The van der Waals surface area contributed by atoms with Crippen LogP contribution in [0.4, 0.5) is 0 Å². The van der Waals surface area contributed by atoms with E-state index < -0.39 is 0 Å². The lowest BCUT2D eigenvalue weighted by Gasteiger charge is -2.12. The van der Waals surface area contributed by atoms with Gasteiger partial charge in [0, 0.05) is 12.6 Å². The number of carbonyl (C=O) groups is 1. The number of furan rings is 1. The Labute approximate surface area is 147 Å². The van der Waals surface area contributed by atoms with Crippen molar-refractivity contribution in [3.63, 3.8) is 0 Å². The zero-order valence-corrected chi connectivity index (χ0v) is 15.0. The maximum absolute atomic E-state index is 12.7. The monoisotopic (exact) mass is 337 g/mol. The van der Waals surface area contributed by atoms with Crippen molar-refractivity contribution in [3.8, 4) is 17.1 Å². The maximum Gasteiger partial charge on any atom is 0.270 e. The van der Waals surface area contributed by atoms with Crippen LogP contribution in [-0.4, -0.2) is 22.2 Å². The smallest absolute Gasteiger partial charge is 0.270 e. The van der Waals surface area contributed by atoms with Gasteiger partial charge in [-0.3, -0.25) is 4.79 Å². The first kappa shape index (κ1) is 17.0. The molecule has 1 N–H and O–H groups in total. The lowest BCUT2D eigenvalue weighted by Crippen LogP contribution is -2.29. The average molecular weight is 337 g/mol. The van der Waals surface area contributed by atoms with E-state index in [0.29, 0.717) is 29.6 Å². The van der Waals surface area contributed by atoms with Crippen molar-refractivity contribution in [1.82, 2.24) is 15.1 Å². The molecule has 0 fully saturated rings. The van der Waals surface area contributed by atoms with Crippen LogP contribution in [0.2, 0.25) is 0 Å². The van der Waals surface area contributed by atoms with Gasteiger partial charge in [0.05, 0.1) is 12.0 Å². The fourth-order valence-electron chi connectivity index (χ4n) is 2.61. The Morgan fingerprint density at radius 1 is 1.24 bits per heavy atom. The van der Waals surface area contributed by atoms with Gasteiger partial charge in [0.1, 0.15) is 11.4 Å². The number of benzene rings is 1. The summed E-state index contributed by atoms with van der Waals surface area (Å²) in [5, 5.41) is 7.61. The van der Waals surface area contributed by atoms with Gasteiger partial charge in [-0.25, -0.2) is 4.68 Å². The normalized spacial score (nSPS) is 11.1. The van der Waals surface area contributed by atoms with Gasteiger partial charge >= 0.3 is 0 Å². The van der Waals surface area contributed by atoms with Crippen molar-refractivity contribution in [2.24, 2.45) is 5.92 Å². The van der Waals surface area contributed by atoms with Crippen molar-refractivity contribution in [2.75, 3.05) is 6.54 Å². The molecule has 0 saturated carbocycles. The number of nitrogens with one attached hydrogen (secondary N) is 1. The molecule has 1 aromatic carbocycles. The molecule has 5 nitrogen and oxygen atoms in total. The summed E-state index contributed by atoms with van der Waals surface area (Å²) >= 11 is 0. The molecule has 0 saturated heterocycles. The van der Waals surface area contributed by atoms with Crippen molar-refractivity contribution in [1.29, 1.82) is 0 Å². The largest absolute Gasteiger partial charge is 0.463 e. The molecule has 0 bridgehead atoms. The van der Waals surface area contributed by atoms with Crippen LogP contribution >= 0.6 is 0 Å². The minimum Gasteiger partial charge on any atom is -0.463 e. The van der Waals surface area contributed by atoms with Crippen molar-refractivity contribution < 1.29 is 9.21 Å². The van der Waals surface area contributed by atoms with E-state index >= 15 is 0 Å². The van der Waals surface area contributed by atoms with Crippen LogP contribution in [0.25, 0.3) is 17.1 Å². The topological polar surface area (TPSA) is 60.1 Å². The predicted octanol–water partition coefficient (Wildman–Crippen LogP) is 4.13. The second-order valence-corrected chi connectivity index (χ2v) is 6.70. The Bertz CT molecular complexity index is 876. The molecule has 0 spiro atoms. The second kappa shape index (κ2) is 6.97. The summed E-state index contributed by atoms with van der Waals surface area (Å²) in [5.41, 5.74) is 4.20. The fourth-order valence-corrected chi connectivity index (χ4v) is 2.61. The Morgan fingerprint density at radius 3 is 2.72 bits per heavy atom. The van der Waals surface area contributed by atoms with E-state index in [9.17, 15) is 4.79 Å². The van der Waals surface area contributed by atoms with Crippen LogP contribution in [0.1, 0.15) is 35.5 Å². The van der Waals surface area contributed by atoms with Gasteiger partial charge in [-0.05, 0) is 49.1 Å². The van der Waals surface area contributed by atoms with Crippen molar-refractivity contribution in [3.05, 3.63) is 59.5 Å². The summed E-state index contributed by atoms with van der Waals surface area (Å²) in [7, 11) is 0. The lowest BCUT2D eigenvalue weighted by molar-refractivity contribution is 0.0941. The molecule has 0 aliphatic rings. The van der Waals surface area contributed by atoms with Gasteiger partial charge in [0.25, 0.3) is 5.91 Å². The summed E-state index contributed by atoms with van der Waals surface area (Å²) in [6, 6.07) is 11.5. The van der Waals surface area contributed by atoms with Gasteiger partial charge in [0.2, 0.25) is 0 Å². The second-order valence-electron chi connectivity index (χ2n) is 6.70. The van der Waals surface area contributed by atoms with Gasteiger partial charge in [-0.2, -0.15) is 5.10 Å². The highest BCUT2D eigenvalue weighted by Gasteiger charge is 2.19. The first-order valence-electron chi connectivity index (χ1n) is 8.45. The van der Waals surface area contributed by atoms with E-state index in [1.807, 2.05) is 44.2 Å². The first-order valence-corrected chi connectivity index (χ1v) is 8.45. The minimum absolute atomic E-state index is 0.139. The van der Waals surface area contributed by atoms with Crippen LogP contribution < -0.4 is 5.32 Å². The Kier molecular flexibility index (Phi) is 4.74. The van der Waals surface area contributed by atoms with Crippen LogP contribution in [0, 0.1) is 19.8 Å². The number of carbonyl (C=O) groups excluding carboxylic acids is 1. The quantitative estimate of drug-likeness (QED) is 0.761. The summed E-state index contributed by atoms with van der Waals surface area (Å²) in [4.78, 5) is 12.7. The van der Waals surface area contributed by atoms with E-state index in [-0.39, 0.29) is 5.91 Å². The molecule has 5 heteroatoms. The third-order valence-electron chi connectivity index (χ3n) is 3.98. The Balaban J connectivity index is 2.08. The third kappa shape index (κ3) is 3.65. The minimum atomic E-state index is -0.139. The van der Waals surface area contributed by atoms with Gasteiger partial charge < -0.3 is 9.73 Å². The highest BCUT2D eigenvalue weighted by atomic mass is 16.3. The number of rotatable bonds is 5. The highest BCUT2D eigenvalue weighted by molar-refractivity contribution is 5.94. The molecule has 0 atom stereocenters. The van der Waals surface area contributed by atoms with E-state index in [4.69, 9.17) is 4.42 Å². The molecule has 0 radical (unpaired) electrons. The SMILES string of the molecule is Cc1ccc(C)c(-n2nc(-c3ccco3)cc2C(=O)NCC(C)C)c1. The van der Waals surface area contributed by atoms with Crippen molar-refractivity contribution in [2.45, 2.75) is 27.7 Å². The summed E-state index contributed by atoms with van der Waals surface area (Å²) < 4.78 is 7.15. The van der Waals surface area contributed by atoms with Gasteiger partial charge in [0.15, 0.2) is 5.76 Å². The molecule has 130 valence electrons. The number of aromatic nitrogens is 2. The summed E-state index contributed by atoms with van der Waals surface area (Å²) in [6.45, 7) is 8.79. The van der Waals surface area contributed by atoms with E-state index in [1.165, 1.54) is 0 Å². The molecule has 3 aromatic rings. The van der Waals surface area contributed by atoms with Crippen LogP contribution in [-0.2, 0) is 0 Å². The number of hydrogen-bond donors (Lipinski definition) is 1. The van der Waals surface area contributed by atoms with E-state index in [2.05, 4.69) is 24.3 Å². The third-order valence-corrected chi connectivity index (χ3v) is 3.98. The molecule has 25 heavy (non-hydrogen) atoms. The summed E-state index contributed by atoms with van der Waals surface area (Å²) in [5.74, 6) is 0.882. The van der Waals surface area contributed by atoms with E-state index in [1.54, 1.807) is 17.0 Å². The van der Waals surface area contributed by atoms with Gasteiger partial charge in [-0.15, -0.1) is 0 Å². The van der Waals surface area contributed by atoms with Crippen LogP contribution in [0.5, 0.6) is 0 Å². The molecule has 2 heterocycles. The molecule has 0 aliphatic carbocycles. The zero-order valence-electron chi connectivity index (χ0n) is 15.0. The summed E-state index contributed by atoms with van der Waals surface area (Å²) in [6.07, 6.45) is 1.60. The predicted molar refractivity (Wildman–Crippen MR) is 97.9 cm³/mol. The molecule has 1 amide bonds. The molecule has 0 aliphatic heterocycles. The van der Waals surface area contributed by atoms with Gasteiger partial charge in [-0.1, -0.05) is 26.0 Å². The lowest BCUT2D eigenvalue weighted by atomic mass is 10.1. The maximum atomic E-state index is 12.7. The van der Waals surface area contributed by atoms with E-state index in [0.717, 1.165) is 16.8 Å². The molecule has 3 rings (SSSR count). The highest BCUT2D eigenvalue weighted by Crippen LogP contribution is 2.24. The zero-order chi connectivity index (χ0) is 18.0. The average Bonchev–Trinajstić information content (AvgIpc) is 3.23. The molecule has 0 unspecified atom stereocenters. The van der Waals surface area contributed by atoms with Crippen molar-refractivity contribution >= 4 is 5.91 Å². The number of amides is 1. The first-order chi connectivity index (χ1) is 12.0. The fraction of sp³-hybridized carbons (Fsp3) is 0.300. The molecular weight excluding hydrogens is 314 g/mol. The molecule has 2 aromatic heterocycles. The Hall–Kier alpha value is -2.82. The standard InChI is InChI=1S/C20H23N3O2/c1-13(2)12-21-20(24)18-11-16(19-6-5-9-25-19)22-23(18)17-10-14(3)7-8-15(17)4/h5-11,13H,12H2,1-4H3,(H,21,24). The number of nitrogens with zero attached hydrogens (tertiary/aromatic N) is 2.